The zero-order valence-corrected chi connectivity index (χ0v) is 35.7. The summed E-state index contributed by atoms with van der Waals surface area (Å²) in [5.41, 5.74) is 7.76. The van der Waals surface area contributed by atoms with Gasteiger partial charge in [0.1, 0.15) is 0 Å². The second-order valence-electron chi connectivity index (χ2n) is 15.6. The molecule has 5 nitrogen and oxygen atoms in total. The predicted molar refractivity (Wildman–Crippen MR) is 231 cm³/mol. The Bertz CT molecular complexity index is 2070. The summed E-state index contributed by atoms with van der Waals surface area (Å²) >= 11 is -3.77. The molecule has 0 bridgehead atoms. The summed E-state index contributed by atoms with van der Waals surface area (Å²) in [6.45, 7) is 0. The molecule has 0 radical (unpaired) electrons. The van der Waals surface area contributed by atoms with E-state index in [1.807, 2.05) is 182 Å². The van der Waals surface area contributed by atoms with E-state index in [4.69, 9.17) is 11.7 Å². The molecule has 0 amide bonds. The van der Waals surface area contributed by atoms with E-state index in [0.717, 1.165) is 91.9 Å². The molecule has 3 aliphatic carbocycles. The van der Waals surface area contributed by atoms with Crippen LogP contribution in [-0.2, 0) is 45.7 Å². The number of hydrogen-bond acceptors (Lipinski definition) is 5. The van der Waals surface area contributed by atoms with Crippen LogP contribution < -0.4 is 5.11 Å². The van der Waals surface area contributed by atoms with Gasteiger partial charge in [0.15, 0.2) is 0 Å². The Morgan fingerprint density at radius 1 is 0.417 bits per heavy atom. The van der Waals surface area contributed by atoms with Crippen molar-refractivity contribution >= 4 is 11.9 Å². The summed E-state index contributed by atoms with van der Waals surface area (Å²) in [5, 5.41) is 8.25. The van der Waals surface area contributed by atoms with E-state index in [2.05, 4.69) is 0 Å². The Labute approximate surface area is 361 Å². The van der Waals surface area contributed by atoms with Gasteiger partial charge in [0.25, 0.3) is 0 Å². The van der Waals surface area contributed by atoms with Crippen molar-refractivity contribution in [1.29, 1.82) is 0 Å². The van der Waals surface area contributed by atoms with Crippen LogP contribution in [0.2, 0.25) is 4.22 Å². The Hall–Kier alpha value is -5.59. The Morgan fingerprint density at radius 2 is 0.650 bits per heavy atom. The molecule has 0 aromatic heterocycles. The zero-order valence-electron chi connectivity index (χ0n) is 34.1. The monoisotopic (exact) mass is 826 g/mol. The van der Waals surface area contributed by atoms with Gasteiger partial charge in [-0.05, 0) is 0 Å². The number of rotatable bonds is 11. The summed E-state index contributed by atoms with van der Waals surface area (Å²) in [6, 6.07) is 59.7. The first-order valence-corrected chi connectivity index (χ1v) is 23.3. The van der Waals surface area contributed by atoms with Crippen molar-refractivity contribution in [1.82, 2.24) is 0 Å². The van der Waals surface area contributed by atoms with Gasteiger partial charge in [0.05, 0.1) is 0 Å². The van der Waals surface area contributed by atoms with Crippen LogP contribution in [-0.4, -0.2) is 19.0 Å². The first-order valence-electron chi connectivity index (χ1n) is 21.1. The van der Waals surface area contributed by atoms with E-state index < -0.39 is 41.4 Å². The fourth-order valence-electron chi connectivity index (χ4n) is 9.99. The van der Waals surface area contributed by atoms with Gasteiger partial charge in [-0.25, -0.2) is 0 Å². The summed E-state index contributed by atoms with van der Waals surface area (Å²) in [4.78, 5) is 32.0. The molecule has 0 spiro atoms. The Kier molecular flexibility index (Phi) is 12.9. The number of allylic oxidation sites excluding steroid dienone is 4. The van der Waals surface area contributed by atoms with E-state index in [9.17, 15) is 0 Å². The normalized spacial score (nSPS) is 15.2. The number of benzene rings is 6. The molecule has 3 aliphatic rings. The first-order chi connectivity index (χ1) is 29.6. The standard InChI is InChI=1S/2C20H16O2.C13H17.CH3O.Ti/c2*21-19(22)20(16-10-4-1-5-11-16,17-12-6-2-7-13-17)18-14-8-3-9-15-18;1-3-7-12-10(5-1)9-11-6-2-4-8-13(11)12;1-2;/h2*1-15H,(H,21,22);9H,1-8H2;1H3;/q;;;-1;+3/p-2. The predicted octanol–water partition coefficient (Wildman–Crippen LogP) is 11.1. The first kappa shape index (κ1) is 41.2. The molecule has 0 fully saturated rings. The number of carbonyl (C=O) groups is 2. The van der Waals surface area contributed by atoms with Crippen LogP contribution in [0.3, 0.4) is 0 Å². The van der Waals surface area contributed by atoms with Crippen LogP contribution >= 0.6 is 0 Å². The third-order valence-electron chi connectivity index (χ3n) is 12.6. The molecule has 6 heteroatoms. The Balaban J connectivity index is 0.00000246. The van der Waals surface area contributed by atoms with Gasteiger partial charge >= 0.3 is 351 Å². The topological polar surface area (TPSA) is 75.7 Å². The van der Waals surface area contributed by atoms with Gasteiger partial charge in [0, 0.05) is 0 Å². The molecule has 300 valence electrons. The minimum atomic E-state index is -3.77. The average molecular weight is 827 g/mol. The van der Waals surface area contributed by atoms with Gasteiger partial charge in [-0.3, -0.25) is 0 Å². The van der Waals surface area contributed by atoms with Gasteiger partial charge in [0.2, 0.25) is 0 Å². The van der Waals surface area contributed by atoms with Crippen LogP contribution in [0.1, 0.15) is 84.7 Å². The van der Waals surface area contributed by atoms with Crippen molar-refractivity contribution in [2.45, 2.75) is 66.4 Å². The van der Waals surface area contributed by atoms with Crippen LogP contribution in [0.25, 0.3) is 0 Å². The van der Waals surface area contributed by atoms with Crippen LogP contribution in [0.5, 0.6) is 0 Å². The fraction of sp³-hybridized carbons (Fsp3) is 0.222. The maximum absolute atomic E-state index is 16.0. The van der Waals surface area contributed by atoms with E-state index in [-0.39, 0.29) is 4.22 Å². The van der Waals surface area contributed by atoms with Crippen LogP contribution in [0.4, 0.5) is 0 Å². The molecule has 0 unspecified atom stereocenters. The van der Waals surface area contributed by atoms with Crippen molar-refractivity contribution < 1.29 is 40.0 Å². The minimum absolute atomic E-state index is 0.196. The van der Waals surface area contributed by atoms with Crippen LogP contribution in [0, 0.1) is 0 Å². The number of carbonyl (C=O) groups excluding carboxylic acids is 2. The molecule has 0 N–H and O–H groups in total. The molecule has 6 aromatic carbocycles. The second-order valence-corrected chi connectivity index (χ2v) is 18.2. The van der Waals surface area contributed by atoms with Crippen molar-refractivity contribution in [2.75, 3.05) is 7.11 Å². The zero-order chi connectivity index (χ0) is 41.4. The quantitative estimate of drug-likeness (QED) is 0.0961. The second kappa shape index (κ2) is 18.8. The fourth-order valence-corrected chi connectivity index (χ4v) is 13.4. The third kappa shape index (κ3) is 7.45. The molecule has 60 heavy (non-hydrogen) atoms. The third-order valence-corrected chi connectivity index (χ3v) is 15.6. The maximum atomic E-state index is 16.0. The molecule has 0 saturated heterocycles. The van der Waals surface area contributed by atoms with Gasteiger partial charge < -0.3 is 5.11 Å². The SMILES string of the molecule is C[O-].O=C([O][Ti+]([O]C(=O)C(c1ccccc1)(c1ccccc1)c1ccccc1)[CH]1C2=C(CCCC2)C2=C1CCCC2)C(c1ccccc1)(c1ccccc1)c1ccccc1. The van der Waals surface area contributed by atoms with Crippen LogP contribution in [0.15, 0.2) is 204 Å². The molecule has 0 aliphatic heterocycles. The summed E-state index contributed by atoms with van der Waals surface area (Å²) < 4.78 is 14.3. The molecule has 0 atom stereocenters. The summed E-state index contributed by atoms with van der Waals surface area (Å²) in [6.07, 6.45) is 8.37. The van der Waals surface area contributed by atoms with Gasteiger partial charge in [-0.1, -0.05) is 0 Å². The van der Waals surface area contributed by atoms with Gasteiger partial charge in [-0.2, -0.15) is 7.11 Å². The number of fused-ring (bicyclic) bond motifs is 1. The van der Waals surface area contributed by atoms with E-state index in [0.29, 0.717) is 0 Å². The molecule has 9 rings (SSSR count). The summed E-state index contributed by atoms with van der Waals surface area (Å²) in [5.74, 6) is -0.821. The molecule has 6 aromatic rings. The summed E-state index contributed by atoms with van der Waals surface area (Å²) in [7, 11) is 0.750. The molecule has 0 saturated carbocycles. The van der Waals surface area contributed by atoms with Crippen molar-refractivity contribution in [2.24, 2.45) is 0 Å². The van der Waals surface area contributed by atoms with E-state index in [1.54, 1.807) is 0 Å². The Morgan fingerprint density at radius 3 is 0.900 bits per heavy atom. The van der Waals surface area contributed by atoms with Crippen molar-refractivity contribution in [3.05, 3.63) is 238 Å². The molecule has 0 heterocycles. The molecular formula is C54H50O5Ti. The average Bonchev–Trinajstić information content (AvgIpc) is 3.66. The van der Waals surface area contributed by atoms with E-state index in [1.165, 1.54) is 22.3 Å². The van der Waals surface area contributed by atoms with Gasteiger partial charge in [-0.15, -0.1) is 0 Å². The molecular weight excluding hydrogens is 776 g/mol. The van der Waals surface area contributed by atoms with E-state index >= 15 is 9.59 Å². The van der Waals surface area contributed by atoms with Crippen molar-refractivity contribution in [3.8, 4) is 0 Å². The van der Waals surface area contributed by atoms with Crippen molar-refractivity contribution in [3.63, 3.8) is 0 Å². The number of hydrogen-bond donors (Lipinski definition) is 0.